The molecule has 1 aliphatic rings. The van der Waals surface area contributed by atoms with Crippen molar-refractivity contribution in [2.45, 2.75) is 78.1 Å². The SMILES string of the molecule is Cc1cc(OCCO)c(C(C)(C)C)cc1C1(c2cc(C(C)(C)C)c(OCCO)cc2C)c2ccccc2Cc2ccccc21. The number of fused-ring (bicyclic) bond motifs is 2. The third kappa shape index (κ3) is 5.55. The summed E-state index contributed by atoms with van der Waals surface area (Å²) in [6.45, 7) is 18.1. The number of benzene rings is 4. The van der Waals surface area contributed by atoms with Crippen LogP contribution < -0.4 is 9.47 Å². The molecule has 0 amide bonds. The van der Waals surface area contributed by atoms with Gasteiger partial charge in [0.1, 0.15) is 24.7 Å². The topological polar surface area (TPSA) is 58.9 Å². The first-order chi connectivity index (χ1) is 20.8. The molecule has 4 heteroatoms. The second-order valence-electron chi connectivity index (χ2n) is 14.2. The number of hydrogen-bond donors (Lipinski definition) is 2. The molecule has 0 heterocycles. The van der Waals surface area contributed by atoms with Crippen molar-refractivity contribution in [2.75, 3.05) is 26.4 Å². The monoisotopic (exact) mass is 592 g/mol. The van der Waals surface area contributed by atoms with Gasteiger partial charge >= 0.3 is 0 Å². The first kappa shape index (κ1) is 31.8. The predicted molar refractivity (Wildman–Crippen MR) is 180 cm³/mol. The van der Waals surface area contributed by atoms with Crippen LogP contribution in [0.2, 0.25) is 0 Å². The maximum atomic E-state index is 9.61. The van der Waals surface area contributed by atoms with Gasteiger partial charge in [-0.05, 0) is 111 Å². The van der Waals surface area contributed by atoms with E-state index in [1.165, 1.54) is 33.4 Å². The molecule has 4 nitrogen and oxygen atoms in total. The Kier molecular flexibility index (Phi) is 8.72. The van der Waals surface area contributed by atoms with E-state index in [0.29, 0.717) is 0 Å². The Bertz CT molecular complexity index is 1530. The second kappa shape index (κ2) is 12.1. The van der Waals surface area contributed by atoms with E-state index >= 15 is 0 Å². The van der Waals surface area contributed by atoms with Gasteiger partial charge in [0.15, 0.2) is 0 Å². The fourth-order valence-corrected chi connectivity index (χ4v) is 7.05. The number of ether oxygens (including phenoxy) is 2. The highest BCUT2D eigenvalue weighted by Crippen LogP contribution is 2.55. The van der Waals surface area contributed by atoms with Crippen LogP contribution >= 0.6 is 0 Å². The van der Waals surface area contributed by atoms with Crippen molar-refractivity contribution < 1.29 is 19.7 Å². The van der Waals surface area contributed by atoms with Gasteiger partial charge < -0.3 is 19.7 Å². The number of aryl methyl sites for hydroxylation is 2. The molecule has 0 radical (unpaired) electrons. The summed E-state index contributed by atoms with van der Waals surface area (Å²) in [5.74, 6) is 1.64. The van der Waals surface area contributed by atoms with Crippen LogP contribution in [0.25, 0.3) is 0 Å². The third-order valence-corrected chi connectivity index (χ3v) is 9.00. The summed E-state index contributed by atoms with van der Waals surface area (Å²) in [4.78, 5) is 0. The molecule has 4 aromatic rings. The zero-order chi connectivity index (χ0) is 31.9. The Balaban J connectivity index is 1.98. The Hall–Kier alpha value is -3.60. The molecule has 0 fully saturated rings. The average molecular weight is 593 g/mol. The van der Waals surface area contributed by atoms with E-state index < -0.39 is 5.41 Å². The Labute approximate surface area is 263 Å². The summed E-state index contributed by atoms with van der Waals surface area (Å²) in [6.07, 6.45) is 0.875. The first-order valence-electron chi connectivity index (χ1n) is 15.8. The molecule has 1 aliphatic carbocycles. The van der Waals surface area contributed by atoms with E-state index in [4.69, 9.17) is 9.47 Å². The zero-order valence-corrected chi connectivity index (χ0v) is 27.7. The average Bonchev–Trinajstić information content (AvgIpc) is 2.97. The van der Waals surface area contributed by atoms with Gasteiger partial charge in [-0.15, -0.1) is 0 Å². The Morgan fingerprint density at radius 3 is 1.34 bits per heavy atom. The molecule has 2 N–H and O–H groups in total. The molecule has 5 rings (SSSR count). The lowest BCUT2D eigenvalue weighted by Gasteiger charge is -2.45. The van der Waals surface area contributed by atoms with E-state index in [2.05, 4.69) is 128 Å². The maximum absolute atomic E-state index is 9.61. The molecule has 0 saturated carbocycles. The van der Waals surface area contributed by atoms with Gasteiger partial charge in [0.05, 0.1) is 18.6 Å². The molecule has 44 heavy (non-hydrogen) atoms. The van der Waals surface area contributed by atoms with E-state index in [1.807, 2.05) is 0 Å². The van der Waals surface area contributed by atoms with Crippen molar-refractivity contribution in [2.24, 2.45) is 0 Å². The normalized spacial score (nSPS) is 14.1. The van der Waals surface area contributed by atoms with Crippen molar-refractivity contribution in [1.29, 1.82) is 0 Å². The van der Waals surface area contributed by atoms with Crippen LogP contribution in [-0.2, 0) is 22.7 Å². The number of aliphatic hydroxyl groups excluding tert-OH is 2. The molecule has 0 atom stereocenters. The quantitative estimate of drug-likeness (QED) is 0.192. The van der Waals surface area contributed by atoms with Crippen molar-refractivity contribution in [3.05, 3.63) is 128 Å². The van der Waals surface area contributed by atoms with Crippen LogP contribution in [0.4, 0.5) is 0 Å². The summed E-state index contributed by atoms with van der Waals surface area (Å²) in [5.41, 5.74) is 11.2. The molecule has 232 valence electrons. The van der Waals surface area contributed by atoms with Gasteiger partial charge in [0.2, 0.25) is 0 Å². The van der Waals surface area contributed by atoms with Crippen LogP contribution in [-0.4, -0.2) is 36.6 Å². The number of aliphatic hydroxyl groups is 2. The molecule has 4 aromatic carbocycles. The van der Waals surface area contributed by atoms with Crippen LogP contribution in [0.5, 0.6) is 11.5 Å². The van der Waals surface area contributed by atoms with Gasteiger partial charge in [-0.3, -0.25) is 0 Å². The fraction of sp³-hybridized carbons (Fsp3) is 0.400. The Morgan fingerprint density at radius 2 is 0.977 bits per heavy atom. The molecule has 0 spiro atoms. The minimum Gasteiger partial charge on any atom is -0.491 e. The lowest BCUT2D eigenvalue weighted by atomic mass is 9.57. The van der Waals surface area contributed by atoms with Crippen molar-refractivity contribution in [3.8, 4) is 11.5 Å². The summed E-state index contributed by atoms with van der Waals surface area (Å²) in [6, 6.07) is 26.9. The summed E-state index contributed by atoms with van der Waals surface area (Å²) < 4.78 is 12.3. The molecule has 0 unspecified atom stereocenters. The molecule has 0 aliphatic heterocycles. The molecular weight excluding hydrogens is 544 g/mol. The largest absolute Gasteiger partial charge is 0.491 e. The lowest BCUT2D eigenvalue weighted by Crippen LogP contribution is -2.38. The second-order valence-corrected chi connectivity index (χ2v) is 14.2. The fourth-order valence-electron chi connectivity index (χ4n) is 7.05. The maximum Gasteiger partial charge on any atom is 0.123 e. The molecule has 0 aromatic heterocycles. The van der Waals surface area contributed by atoms with Gasteiger partial charge in [0, 0.05) is 0 Å². The molecule has 0 saturated heterocycles. The highest BCUT2D eigenvalue weighted by Gasteiger charge is 2.46. The van der Waals surface area contributed by atoms with E-state index in [1.54, 1.807) is 0 Å². The zero-order valence-electron chi connectivity index (χ0n) is 27.7. The van der Waals surface area contributed by atoms with Crippen LogP contribution in [0.3, 0.4) is 0 Å². The standard InChI is InChI=1S/C40H48O4/c1-26-21-36(43-19-17-41)34(38(3,4)5)24-32(26)40(30-15-11-9-13-28(30)23-29-14-10-12-16-31(29)40)33-25-35(39(6,7)8)37(22-27(33)2)44-20-18-42/h9-16,21-22,24-25,41-42H,17-20,23H2,1-8H3. The third-order valence-electron chi connectivity index (χ3n) is 9.00. The van der Waals surface area contributed by atoms with E-state index in [9.17, 15) is 10.2 Å². The minimum absolute atomic E-state index is 0.0332. The summed E-state index contributed by atoms with van der Waals surface area (Å²) >= 11 is 0. The van der Waals surface area contributed by atoms with E-state index in [-0.39, 0.29) is 37.3 Å². The number of hydrogen-bond acceptors (Lipinski definition) is 4. The van der Waals surface area contributed by atoms with Crippen molar-refractivity contribution in [3.63, 3.8) is 0 Å². The van der Waals surface area contributed by atoms with Gasteiger partial charge in [0.25, 0.3) is 0 Å². The van der Waals surface area contributed by atoms with Crippen molar-refractivity contribution >= 4 is 0 Å². The minimum atomic E-state index is -0.607. The van der Waals surface area contributed by atoms with E-state index in [0.717, 1.165) is 40.2 Å². The molecular formula is C40H48O4. The first-order valence-corrected chi connectivity index (χ1v) is 15.8. The summed E-state index contributed by atoms with van der Waals surface area (Å²) in [7, 11) is 0. The Morgan fingerprint density at radius 1 is 0.591 bits per heavy atom. The van der Waals surface area contributed by atoms with Crippen LogP contribution in [0, 0.1) is 13.8 Å². The van der Waals surface area contributed by atoms with Crippen LogP contribution in [0.15, 0.2) is 72.8 Å². The molecule has 0 bridgehead atoms. The highest BCUT2D eigenvalue weighted by molar-refractivity contribution is 5.71. The van der Waals surface area contributed by atoms with Crippen molar-refractivity contribution in [1.82, 2.24) is 0 Å². The predicted octanol–water partition coefficient (Wildman–Crippen LogP) is 7.93. The number of rotatable bonds is 8. The smallest absolute Gasteiger partial charge is 0.123 e. The lowest BCUT2D eigenvalue weighted by molar-refractivity contribution is 0.198. The van der Waals surface area contributed by atoms with Gasteiger partial charge in [-0.25, -0.2) is 0 Å². The van der Waals surface area contributed by atoms with Gasteiger partial charge in [-0.1, -0.05) is 90.1 Å². The summed E-state index contributed by atoms with van der Waals surface area (Å²) in [5, 5.41) is 19.2. The van der Waals surface area contributed by atoms with Gasteiger partial charge in [-0.2, -0.15) is 0 Å². The van der Waals surface area contributed by atoms with Crippen LogP contribution in [0.1, 0.15) is 97.2 Å². The highest BCUT2D eigenvalue weighted by atomic mass is 16.5.